The highest BCUT2D eigenvalue weighted by molar-refractivity contribution is 5.82. The SMILES string of the molecule is COCCOc1nc(C(F)(F)F)ccc1-c1cc(F)cc(CNC(=O)[C@H]2C[C@@H](F)CN2)c1. The van der Waals surface area contributed by atoms with E-state index in [9.17, 15) is 26.7 Å². The summed E-state index contributed by atoms with van der Waals surface area (Å²) >= 11 is 0. The summed E-state index contributed by atoms with van der Waals surface area (Å²) in [5.74, 6) is -1.39. The maximum Gasteiger partial charge on any atom is 0.433 e. The molecule has 1 aromatic heterocycles. The molecule has 11 heteroatoms. The highest BCUT2D eigenvalue weighted by Gasteiger charge is 2.33. The Morgan fingerprint density at radius 3 is 2.69 bits per heavy atom. The number of aromatic nitrogens is 1. The van der Waals surface area contributed by atoms with Crippen molar-refractivity contribution in [1.82, 2.24) is 15.6 Å². The van der Waals surface area contributed by atoms with Crippen molar-refractivity contribution in [3.8, 4) is 17.0 Å². The molecule has 0 radical (unpaired) electrons. The van der Waals surface area contributed by atoms with Gasteiger partial charge in [-0.3, -0.25) is 4.79 Å². The summed E-state index contributed by atoms with van der Waals surface area (Å²) in [6, 6.07) is 5.09. The topological polar surface area (TPSA) is 72.5 Å². The van der Waals surface area contributed by atoms with Gasteiger partial charge < -0.3 is 20.1 Å². The minimum atomic E-state index is -4.68. The third kappa shape index (κ3) is 6.13. The van der Waals surface area contributed by atoms with E-state index < -0.39 is 35.8 Å². The standard InChI is InChI=1S/C21H22F5N3O3/c1-31-4-5-32-20-16(2-3-18(29-20)21(24,25)26)13-6-12(7-14(22)8-13)10-28-19(30)17-9-15(23)11-27-17/h2-3,6-8,15,17,27H,4-5,9-11H2,1H3,(H,28,30)/t15-,17-/m1/s1. The minimum absolute atomic E-state index is 0.0490. The number of hydrogen-bond acceptors (Lipinski definition) is 5. The summed E-state index contributed by atoms with van der Waals surface area (Å²) in [4.78, 5) is 15.7. The molecule has 2 heterocycles. The van der Waals surface area contributed by atoms with Crippen molar-refractivity contribution < 1.29 is 36.2 Å². The number of ether oxygens (including phenoxy) is 2. The van der Waals surface area contributed by atoms with E-state index in [1.54, 1.807) is 0 Å². The van der Waals surface area contributed by atoms with Crippen LogP contribution in [0, 0.1) is 5.82 Å². The van der Waals surface area contributed by atoms with Crippen LogP contribution in [0.15, 0.2) is 30.3 Å². The van der Waals surface area contributed by atoms with Gasteiger partial charge in [-0.15, -0.1) is 0 Å². The molecule has 0 unspecified atom stereocenters. The highest BCUT2D eigenvalue weighted by Crippen LogP contribution is 2.35. The van der Waals surface area contributed by atoms with Gasteiger partial charge in [-0.1, -0.05) is 0 Å². The van der Waals surface area contributed by atoms with Gasteiger partial charge in [0.2, 0.25) is 11.8 Å². The maximum absolute atomic E-state index is 14.3. The molecule has 1 saturated heterocycles. The predicted molar refractivity (Wildman–Crippen MR) is 105 cm³/mol. The molecule has 1 aliphatic heterocycles. The molecule has 0 spiro atoms. The van der Waals surface area contributed by atoms with Crippen molar-refractivity contribution in [2.75, 3.05) is 26.9 Å². The van der Waals surface area contributed by atoms with Gasteiger partial charge in [-0.05, 0) is 41.5 Å². The smallest absolute Gasteiger partial charge is 0.433 e. The van der Waals surface area contributed by atoms with Crippen LogP contribution in [0.5, 0.6) is 5.88 Å². The van der Waals surface area contributed by atoms with Crippen molar-refractivity contribution >= 4 is 5.91 Å². The number of nitrogens with one attached hydrogen (secondary N) is 2. The Balaban J connectivity index is 1.83. The zero-order chi connectivity index (χ0) is 23.3. The molecule has 0 saturated carbocycles. The Morgan fingerprint density at radius 1 is 1.25 bits per heavy atom. The first-order valence-electron chi connectivity index (χ1n) is 9.82. The summed E-state index contributed by atoms with van der Waals surface area (Å²) in [5, 5.41) is 5.36. The Bertz CT molecular complexity index is 955. The molecule has 1 amide bonds. The first-order valence-corrected chi connectivity index (χ1v) is 9.82. The Labute approximate surface area is 181 Å². The van der Waals surface area contributed by atoms with Crippen molar-refractivity contribution in [3.05, 3.63) is 47.4 Å². The average molecular weight is 459 g/mol. The van der Waals surface area contributed by atoms with Crippen LogP contribution in [-0.2, 0) is 22.3 Å². The van der Waals surface area contributed by atoms with Crippen LogP contribution in [0.25, 0.3) is 11.1 Å². The molecule has 0 aliphatic carbocycles. The van der Waals surface area contributed by atoms with Gasteiger partial charge >= 0.3 is 6.18 Å². The van der Waals surface area contributed by atoms with Gasteiger partial charge in [0.25, 0.3) is 0 Å². The number of pyridine rings is 1. The van der Waals surface area contributed by atoms with E-state index in [0.717, 1.165) is 18.2 Å². The second kappa shape index (κ2) is 10.2. The molecule has 6 nitrogen and oxygen atoms in total. The fourth-order valence-corrected chi connectivity index (χ4v) is 3.26. The van der Waals surface area contributed by atoms with Gasteiger partial charge in [-0.25, -0.2) is 13.8 Å². The number of amides is 1. The van der Waals surface area contributed by atoms with E-state index in [0.29, 0.717) is 5.56 Å². The molecule has 2 atom stereocenters. The third-order valence-corrected chi connectivity index (χ3v) is 4.81. The van der Waals surface area contributed by atoms with Gasteiger partial charge in [0.05, 0.1) is 12.6 Å². The molecule has 32 heavy (non-hydrogen) atoms. The molecule has 1 aromatic carbocycles. The number of methoxy groups -OCH3 is 1. The van der Waals surface area contributed by atoms with E-state index in [1.165, 1.54) is 19.2 Å². The highest BCUT2D eigenvalue weighted by atomic mass is 19.4. The van der Waals surface area contributed by atoms with Crippen molar-refractivity contribution in [2.24, 2.45) is 0 Å². The number of halogens is 5. The van der Waals surface area contributed by atoms with Gasteiger partial charge in [0.15, 0.2) is 0 Å². The summed E-state index contributed by atoms with van der Waals surface area (Å²) in [6.45, 7) is 0.106. The average Bonchev–Trinajstić information content (AvgIpc) is 3.17. The van der Waals surface area contributed by atoms with E-state index in [-0.39, 0.29) is 49.7 Å². The van der Waals surface area contributed by atoms with Gasteiger partial charge in [0, 0.05) is 32.2 Å². The first kappa shape index (κ1) is 23.9. The number of nitrogens with zero attached hydrogens (tertiary/aromatic N) is 1. The van der Waals surface area contributed by atoms with Crippen LogP contribution in [0.2, 0.25) is 0 Å². The monoisotopic (exact) mass is 459 g/mol. The van der Waals surface area contributed by atoms with Crippen LogP contribution in [0.3, 0.4) is 0 Å². The lowest BCUT2D eigenvalue weighted by Crippen LogP contribution is -2.40. The largest absolute Gasteiger partial charge is 0.475 e. The zero-order valence-corrected chi connectivity index (χ0v) is 17.1. The summed E-state index contributed by atoms with van der Waals surface area (Å²) in [6.07, 6.45) is -5.72. The summed E-state index contributed by atoms with van der Waals surface area (Å²) < 4.78 is 76.9. The van der Waals surface area contributed by atoms with E-state index >= 15 is 0 Å². The molecule has 3 rings (SSSR count). The Morgan fingerprint density at radius 2 is 2.03 bits per heavy atom. The fraction of sp³-hybridized carbons (Fsp3) is 0.429. The lowest BCUT2D eigenvalue weighted by Gasteiger charge is -2.15. The normalized spacial score (nSPS) is 18.6. The Hall–Kier alpha value is -2.79. The predicted octanol–water partition coefficient (Wildman–Crippen LogP) is 3.25. The summed E-state index contributed by atoms with van der Waals surface area (Å²) in [7, 11) is 1.41. The first-order chi connectivity index (χ1) is 15.2. The van der Waals surface area contributed by atoms with E-state index in [4.69, 9.17) is 9.47 Å². The number of carbonyl (C=O) groups is 1. The van der Waals surface area contributed by atoms with Gasteiger partial charge in [-0.2, -0.15) is 13.2 Å². The second-order valence-corrected chi connectivity index (χ2v) is 7.25. The molecule has 0 bridgehead atoms. The number of hydrogen-bond donors (Lipinski definition) is 2. The van der Waals surface area contributed by atoms with E-state index in [1.807, 2.05) is 0 Å². The number of rotatable bonds is 8. The summed E-state index contributed by atoms with van der Waals surface area (Å²) in [5.41, 5.74) is -0.400. The van der Waals surface area contributed by atoms with E-state index in [2.05, 4.69) is 15.6 Å². The van der Waals surface area contributed by atoms with Crippen LogP contribution < -0.4 is 15.4 Å². The Kier molecular flexibility index (Phi) is 7.62. The number of benzene rings is 1. The van der Waals surface area contributed by atoms with Crippen LogP contribution >= 0.6 is 0 Å². The maximum atomic E-state index is 14.3. The quantitative estimate of drug-likeness (QED) is 0.469. The molecule has 1 fully saturated rings. The molecule has 2 aromatic rings. The van der Waals surface area contributed by atoms with Gasteiger partial charge in [0.1, 0.15) is 24.3 Å². The minimum Gasteiger partial charge on any atom is -0.475 e. The zero-order valence-electron chi connectivity index (χ0n) is 17.1. The lowest BCUT2D eigenvalue weighted by molar-refractivity contribution is -0.141. The molecule has 1 aliphatic rings. The van der Waals surface area contributed by atoms with Crippen molar-refractivity contribution in [2.45, 2.75) is 31.4 Å². The molecular formula is C21H22F5N3O3. The van der Waals surface area contributed by atoms with Crippen molar-refractivity contribution in [3.63, 3.8) is 0 Å². The number of carbonyl (C=O) groups excluding carboxylic acids is 1. The number of alkyl halides is 4. The fourth-order valence-electron chi connectivity index (χ4n) is 3.26. The molecular weight excluding hydrogens is 437 g/mol. The molecule has 174 valence electrons. The van der Waals surface area contributed by atoms with Crippen LogP contribution in [0.1, 0.15) is 17.7 Å². The van der Waals surface area contributed by atoms with Crippen LogP contribution in [0.4, 0.5) is 22.0 Å². The third-order valence-electron chi connectivity index (χ3n) is 4.81. The molecule has 2 N–H and O–H groups in total. The van der Waals surface area contributed by atoms with Crippen LogP contribution in [-0.4, -0.2) is 50.0 Å². The lowest BCUT2D eigenvalue weighted by atomic mass is 10.0. The second-order valence-electron chi connectivity index (χ2n) is 7.25. The van der Waals surface area contributed by atoms with Crippen molar-refractivity contribution in [1.29, 1.82) is 0 Å².